The van der Waals surface area contributed by atoms with Gasteiger partial charge in [-0.25, -0.2) is 0 Å². The van der Waals surface area contributed by atoms with Gasteiger partial charge in [-0.3, -0.25) is 4.79 Å². The number of rotatable bonds is 4. The number of carbonyl (C=O) groups is 1. The third-order valence-corrected chi connectivity index (χ3v) is 2.99. The number of amides is 1. The van der Waals surface area contributed by atoms with Gasteiger partial charge in [0, 0.05) is 13.1 Å². The fourth-order valence-electron chi connectivity index (χ4n) is 1.80. The van der Waals surface area contributed by atoms with Crippen LogP contribution in [-0.4, -0.2) is 10.1 Å². The molecule has 0 fully saturated rings. The third kappa shape index (κ3) is 3.64. The highest BCUT2D eigenvalue weighted by atomic mass is 32.1. The van der Waals surface area contributed by atoms with Crippen LogP contribution in [0.15, 0.2) is 60.7 Å². The first kappa shape index (κ1) is 12.7. The maximum absolute atomic E-state index is 11.5. The summed E-state index contributed by atoms with van der Waals surface area (Å²) < 4.78 is 0. The van der Waals surface area contributed by atoms with E-state index in [1.54, 1.807) is 4.90 Å². The highest BCUT2D eigenvalue weighted by Crippen LogP contribution is 2.11. The maximum atomic E-state index is 11.5. The minimum atomic E-state index is -0.206. The molecule has 0 N–H and O–H groups in total. The first-order valence-electron chi connectivity index (χ1n) is 5.81. The standard InChI is InChI=1S/C15H15NOS/c17-15(18)16(11-13-7-3-1-4-8-13)12-14-9-5-2-6-10-14/h1-10H,11-12H2,(H,17,18). The number of carbonyl (C=O) groups excluding carboxylic acids is 1. The lowest BCUT2D eigenvalue weighted by Gasteiger charge is -2.20. The molecule has 0 unspecified atom stereocenters. The summed E-state index contributed by atoms with van der Waals surface area (Å²) in [6.07, 6.45) is 0. The Balaban J connectivity index is 2.08. The molecule has 0 aromatic heterocycles. The zero-order chi connectivity index (χ0) is 12.8. The fourth-order valence-corrected chi connectivity index (χ4v) is 1.94. The van der Waals surface area contributed by atoms with Crippen LogP contribution in [0, 0.1) is 0 Å². The van der Waals surface area contributed by atoms with Crippen LogP contribution in [-0.2, 0) is 13.1 Å². The van der Waals surface area contributed by atoms with Gasteiger partial charge in [0.15, 0.2) is 0 Å². The molecule has 3 heteroatoms. The summed E-state index contributed by atoms with van der Waals surface area (Å²) in [5.41, 5.74) is 2.21. The number of nitrogens with zero attached hydrogens (tertiary/aromatic N) is 1. The topological polar surface area (TPSA) is 20.3 Å². The predicted octanol–water partition coefficient (Wildman–Crippen LogP) is 3.74. The molecule has 92 valence electrons. The molecule has 2 aromatic carbocycles. The van der Waals surface area contributed by atoms with E-state index in [1.807, 2.05) is 60.7 Å². The maximum Gasteiger partial charge on any atom is 0.279 e. The molecule has 0 aliphatic heterocycles. The second-order valence-corrected chi connectivity index (χ2v) is 4.49. The number of benzene rings is 2. The minimum absolute atomic E-state index is 0.206. The summed E-state index contributed by atoms with van der Waals surface area (Å²) in [6, 6.07) is 19.9. The van der Waals surface area contributed by atoms with Gasteiger partial charge in [-0.2, -0.15) is 0 Å². The average Bonchev–Trinajstić information content (AvgIpc) is 2.40. The van der Waals surface area contributed by atoms with Crippen LogP contribution in [0.25, 0.3) is 0 Å². The van der Waals surface area contributed by atoms with Crippen molar-refractivity contribution in [3.05, 3.63) is 71.8 Å². The Morgan fingerprint density at radius 2 is 1.22 bits per heavy atom. The van der Waals surface area contributed by atoms with E-state index in [1.165, 1.54) is 0 Å². The molecule has 0 bridgehead atoms. The summed E-state index contributed by atoms with van der Waals surface area (Å²) in [5.74, 6) is 0. The second kappa shape index (κ2) is 6.26. The van der Waals surface area contributed by atoms with Crippen molar-refractivity contribution in [2.24, 2.45) is 0 Å². The van der Waals surface area contributed by atoms with Crippen molar-refractivity contribution >= 4 is 17.9 Å². The molecule has 0 atom stereocenters. The zero-order valence-corrected chi connectivity index (χ0v) is 10.9. The number of thiol groups is 1. The molecule has 0 heterocycles. The van der Waals surface area contributed by atoms with Gasteiger partial charge >= 0.3 is 0 Å². The van der Waals surface area contributed by atoms with Gasteiger partial charge in [0.2, 0.25) is 0 Å². The van der Waals surface area contributed by atoms with Gasteiger partial charge in [0.05, 0.1) is 0 Å². The van der Waals surface area contributed by atoms with Crippen LogP contribution < -0.4 is 0 Å². The van der Waals surface area contributed by atoms with Gasteiger partial charge < -0.3 is 4.90 Å². The van der Waals surface area contributed by atoms with Crippen molar-refractivity contribution in [3.63, 3.8) is 0 Å². The summed E-state index contributed by atoms with van der Waals surface area (Å²) in [4.78, 5) is 13.3. The molecule has 1 amide bonds. The van der Waals surface area contributed by atoms with E-state index < -0.39 is 0 Å². The van der Waals surface area contributed by atoms with E-state index in [9.17, 15) is 4.79 Å². The van der Waals surface area contributed by atoms with Crippen LogP contribution in [0.1, 0.15) is 11.1 Å². The van der Waals surface area contributed by atoms with Crippen molar-refractivity contribution < 1.29 is 4.79 Å². The Labute approximate surface area is 113 Å². The first-order chi connectivity index (χ1) is 8.75. The molecule has 2 aromatic rings. The van der Waals surface area contributed by atoms with Crippen molar-refractivity contribution in [1.29, 1.82) is 0 Å². The smallest absolute Gasteiger partial charge is 0.279 e. The van der Waals surface area contributed by atoms with Crippen LogP contribution >= 0.6 is 12.6 Å². The second-order valence-electron chi connectivity index (χ2n) is 4.11. The highest BCUT2D eigenvalue weighted by molar-refractivity contribution is 7.96. The Morgan fingerprint density at radius 3 is 1.56 bits per heavy atom. The quantitative estimate of drug-likeness (QED) is 0.827. The van der Waals surface area contributed by atoms with Crippen molar-refractivity contribution in [3.8, 4) is 0 Å². The molecular weight excluding hydrogens is 242 g/mol. The molecule has 0 saturated heterocycles. The lowest BCUT2D eigenvalue weighted by molar-refractivity contribution is 0.218. The van der Waals surface area contributed by atoms with Gasteiger partial charge in [-0.15, -0.1) is 0 Å². The van der Waals surface area contributed by atoms with E-state index >= 15 is 0 Å². The average molecular weight is 257 g/mol. The van der Waals surface area contributed by atoms with E-state index in [0.29, 0.717) is 13.1 Å². The Morgan fingerprint density at radius 1 is 0.833 bits per heavy atom. The lowest BCUT2D eigenvalue weighted by atomic mass is 10.2. The molecule has 18 heavy (non-hydrogen) atoms. The van der Waals surface area contributed by atoms with Gasteiger partial charge in [-0.05, 0) is 11.1 Å². The van der Waals surface area contributed by atoms with E-state index in [-0.39, 0.29) is 5.24 Å². The number of hydrogen-bond acceptors (Lipinski definition) is 1. The molecule has 0 saturated carbocycles. The molecule has 0 aliphatic carbocycles. The van der Waals surface area contributed by atoms with Gasteiger partial charge in [0.1, 0.15) is 0 Å². The van der Waals surface area contributed by atoms with Crippen LogP contribution in [0.5, 0.6) is 0 Å². The zero-order valence-electron chi connectivity index (χ0n) is 9.99. The highest BCUT2D eigenvalue weighted by Gasteiger charge is 2.10. The monoisotopic (exact) mass is 257 g/mol. The first-order valence-corrected chi connectivity index (χ1v) is 6.26. The van der Waals surface area contributed by atoms with E-state index in [2.05, 4.69) is 12.6 Å². The molecule has 0 aliphatic rings. The van der Waals surface area contributed by atoms with Gasteiger partial charge in [0.25, 0.3) is 5.24 Å². The SMILES string of the molecule is O=C(S)N(Cc1ccccc1)Cc1ccccc1. The Bertz CT molecular complexity index is 457. The van der Waals surface area contributed by atoms with E-state index in [0.717, 1.165) is 11.1 Å². The van der Waals surface area contributed by atoms with Gasteiger partial charge in [-0.1, -0.05) is 73.3 Å². The molecule has 2 rings (SSSR count). The summed E-state index contributed by atoms with van der Waals surface area (Å²) in [6.45, 7) is 1.16. The predicted molar refractivity (Wildman–Crippen MR) is 76.5 cm³/mol. The van der Waals surface area contributed by atoms with Crippen LogP contribution in [0.2, 0.25) is 0 Å². The van der Waals surface area contributed by atoms with Crippen molar-refractivity contribution in [2.75, 3.05) is 0 Å². The van der Waals surface area contributed by atoms with Crippen molar-refractivity contribution in [2.45, 2.75) is 13.1 Å². The van der Waals surface area contributed by atoms with Crippen LogP contribution in [0.3, 0.4) is 0 Å². The Hall–Kier alpha value is -1.74. The lowest BCUT2D eigenvalue weighted by Crippen LogP contribution is -2.25. The van der Waals surface area contributed by atoms with Crippen LogP contribution in [0.4, 0.5) is 4.79 Å². The normalized spacial score (nSPS) is 10.1. The molecule has 0 spiro atoms. The summed E-state index contributed by atoms with van der Waals surface area (Å²) in [7, 11) is 0. The molecular formula is C15H15NOS. The summed E-state index contributed by atoms with van der Waals surface area (Å²) >= 11 is 3.94. The minimum Gasteiger partial charge on any atom is -0.325 e. The Kier molecular flexibility index (Phi) is 4.42. The molecule has 2 nitrogen and oxygen atoms in total. The number of hydrogen-bond donors (Lipinski definition) is 1. The largest absolute Gasteiger partial charge is 0.325 e. The summed E-state index contributed by atoms with van der Waals surface area (Å²) in [5, 5.41) is -0.206. The van der Waals surface area contributed by atoms with E-state index in [4.69, 9.17) is 0 Å². The van der Waals surface area contributed by atoms with Crippen molar-refractivity contribution in [1.82, 2.24) is 4.90 Å². The molecule has 0 radical (unpaired) electrons. The third-order valence-electron chi connectivity index (χ3n) is 2.70. The fraction of sp³-hybridized carbons (Fsp3) is 0.133.